The number of halogens is 1. The molecule has 0 saturated heterocycles. The van der Waals surface area contributed by atoms with Crippen LogP contribution in [0.15, 0.2) is 35.1 Å². The minimum atomic E-state index is -0.110. The molecule has 0 bridgehead atoms. The number of hydrogen-bond acceptors (Lipinski definition) is 6. The van der Waals surface area contributed by atoms with Gasteiger partial charge >= 0.3 is 0 Å². The highest BCUT2D eigenvalue weighted by atomic mass is 35.5. The van der Waals surface area contributed by atoms with Gasteiger partial charge in [-0.05, 0) is 72.9 Å². The molecule has 200 valence electrons. The maximum Gasteiger partial charge on any atom is 0.260 e. The number of methoxy groups -OCH3 is 1. The highest BCUT2D eigenvalue weighted by Crippen LogP contribution is 2.40. The van der Waals surface area contributed by atoms with Crippen molar-refractivity contribution in [3.8, 4) is 28.6 Å². The van der Waals surface area contributed by atoms with Gasteiger partial charge in [0.05, 0.1) is 17.5 Å². The second kappa shape index (κ2) is 11.0. The summed E-state index contributed by atoms with van der Waals surface area (Å²) < 4.78 is 17.6. The average molecular weight is 553 g/mol. The van der Waals surface area contributed by atoms with Crippen molar-refractivity contribution in [2.45, 2.75) is 52.9 Å². The lowest BCUT2D eigenvalue weighted by Crippen LogP contribution is -2.13. The maximum atomic E-state index is 13.1. The molecule has 1 aliphatic rings. The predicted octanol–water partition coefficient (Wildman–Crippen LogP) is 7.33. The summed E-state index contributed by atoms with van der Waals surface area (Å²) in [6.45, 7) is 9.25. The lowest BCUT2D eigenvalue weighted by molar-refractivity contribution is 0.210. The number of nitrogens with zero attached hydrogens (tertiary/aromatic N) is 1. The monoisotopic (exact) mass is 552 g/mol. The van der Waals surface area contributed by atoms with Gasteiger partial charge in [-0.3, -0.25) is 4.79 Å². The third kappa shape index (κ3) is 5.27. The Labute approximate surface area is 231 Å². The highest BCUT2D eigenvalue weighted by Gasteiger charge is 2.24. The van der Waals surface area contributed by atoms with Gasteiger partial charge in [-0.25, -0.2) is 4.98 Å². The number of benzene rings is 2. The minimum Gasteiger partial charge on any atom is -0.493 e. The standard InChI is InChI=1S/C30H33ClN2O4S/c1-16(2)20-8-6-17(3)12-23(20)36-10-11-37-27-22(31)14-19(15-24(27)35-5)28-32-29(34)26-21-9-7-18(4)13-25(21)38-30(26)33-28/h6,8,12,14-16,18H,7,9-11,13H2,1-5H3,(H,32,33,34)/t18-/m0/s1. The Hall–Kier alpha value is -3.03. The second-order valence-electron chi connectivity index (χ2n) is 10.3. The van der Waals surface area contributed by atoms with Crippen LogP contribution in [0.5, 0.6) is 17.2 Å². The van der Waals surface area contributed by atoms with Gasteiger partial charge < -0.3 is 19.2 Å². The number of hydrogen-bond donors (Lipinski definition) is 1. The summed E-state index contributed by atoms with van der Waals surface area (Å²) >= 11 is 8.27. The summed E-state index contributed by atoms with van der Waals surface area (Å²) in [6, 6.07) is 9.79. The van der Waals surface area contributed by atoms with Gasteiger partial charge in [0.1, 0.15) is 29.6 Å². The van der Waals surface area contributed by atoms with E-state index in [0.29, 0.717) is 53.0 Å². The lowest BCUT2D eigenvalue weighted by atomic mass is 9.89. The van der Waals surface area contributed by atoms with E-state index >= 15 is 0 Å². The first-order valence-electron chi connectivity index (χ1n) is 13.0. The molecule has 0 amide bonds. The van der Waals surface area contributed by atoms with Crippen LogP contribution in [-0.4, -0.2) is 30.3 Å². The van der Waals surface area contributed by atoms with E-state index in [1.165, 1.54) is 4.88 Å². The summed E-state index contributed by atoms with van der Waals surface area (Å²) in [5, 5.41) is 1.10. The molecule has 5 rings (SSSR count). The van der Waals surface area contributed by atoms with E-state index in [0.717, 1.165) is 51.9 Å². The topological polar surface area (TPSA) is 73.4 Å². The first-order valence-corrected chi connectivity index (χ1v) is 14.2. The van der Waals surface area contributed by atoms with E-state index in [2.05, 4.69) is 37.9 Å². The van der Waals surface area contributed by atoms with E-state index in [9.17, 15) is 4.79 Å². The van der Waals surface area contributed by atoms with Crippen LogP contribution in [0.1, 0.15) is 54.7 Å². The normalized spacial score (nSPS) is 15.1. The molecule has 8 heteroatoms. The van der Waals surface area contributed by atoms with Crippen molar-refractivity contribution in [2.75, 3.05) is 20.3 Å². The Kier molecular flexibility index (Phi) is 7.68. The van der Waals surface area contributed by atoms with Crippen molar-refractivity contribution in [1.82, 2.24) is 9.97 Å². The van der Waals surface area contributed by atoms with Gasteiger partial charge in [0.2, 0.25) is 0 Å². The van der Waals surface area contributed by atoms with Crippen LogP contribution in [0, 0.1) is 12.8 Å². The molecule has 2 aromatic carbocycles. The summed E-state index contributed by atoms with van der Waals surface area (Å²) in [5.41, 5.74) is 4.02. The zero-order chi connectivity index (χ0) is 27.0. The quantitative estimate of drug-likeness (QED) is 0.232. The van der Waals surface area contributed by atoms with Gasteiger partial charge in [0, 0.05) is 10.4 Å². The average Bonchev–Trinajstić information content (AvgIpc) is 3.24. The van der Waals surface area contributed by atoms with Crippen LogP contribution in [-0.2, 0) is 12.8 Å². The lowest BCUT2D eigenvalue weighted by Gasteiger charge is -2.17. The molecule has 1 aliphatic carbocycles. The summed E-state index contributed by atoms with van der Waals surface area (Å²) in [5.74, 6) is 3.21. The van der Waals surface area contributed by atoms with Gasteiger partial charge in [-0.15, -0.1) is 11.3 Å². The van der Waals surface area contributed by atoms with Crippen LogP contribution in [0.3, 0.4) is 0 Å². The Morgan fingerprint density at radius 2 is 1.95 bits per heavy atom. The third-order valence-corrected chi connectivity index (χ3v) is 8.48. The number of aryl methyl sites for hydroxylation is 2. The minimum absolute atomic E-state index is 0.110. The smallest absolute Gasteiger partial charge is 0.260 e. The molecule has 0 spiro atoms. The molecule has 4 aromatic rings. The Balaban J connectivity index is 1.36. The van der Waals surface area contributed by atoms with Crippen molar-refractivity contribution >= 4 is 33.2 Å². The number of thiophene rings is 1. The molecule has 0 aliphatic heterocycles. The fourth-order valence-corrected chi connectivity index (χ4v) is 6.67. The zero-order valence-corrected chi connectivity index (χ0v) is 24.0. The van der Waals surface area contributed by atoms with Gasteiger partial charge in [-0.1, -0.05) is 44.5 Å². The molecule has 38 heavy (non-hydrogen) atoms. The third-order valence-electron chi connectivity index (χ3n) is 7.05. The molecular weight excluding hydrogens is 520 g/mol. The van der Waals surface area contributed by atoms with Crippen LogP contribution in [0.2, 0.25) is 5.02 Å². The largest absolute Gasteiger partial charge is 0.493 e. The highest BCUT2D eigenvalue weighted by molar-refractivity contribution is 7.18. The fourth-order valence-electron chi connectivity index (χ4n) is 5.02. The van der Waals surface area contributed by atoms with Crippen molar-refractivity contribution in [3.63, 3.8) is 0 Å². The molecule has 1 atom stereocenters. The van der Waals surface area contributed by atoms with Crippen molar-refractivity contribution in [1.29, 1.82) is 0 Å². The first kappa shape index (κ1) is 26.6. The van der Waals surface area contributed by atoms with Gasteiger partial charge in [0.25, 0.3) is 5.56 Å². The molecule has 0 saturated carbocycles. The van der Waals surface area contributed by atoms with E-state index in [1.807, 2.05) is 13.0 Å². The molecule has 0 unspecified atom stereocenters. The van der Waals surface area contributed by atoms with Crippen LogP contribution >= 0.6 is 22.9 Å². The molecule has 2 heterocycles. The van der Waals surface area contributed by atoms with Crippen molar-refractivity contribution in [3.05, 3.63) is 67.3 Å². The number of aromatic amines is 1. The van der Waals surface area contributed by atoms with Gasteiger partial charge in [-0.2, -0.15) is 0 Å². The summed E-state index contributed by atoms with van der Waals surface area (Å²) in [7, 11) is 1.56. The van der Waals surface area contributed by atoms with Crippen LogP contribution in [0.25, 0.3) is 21.6 Å². The molecule has 2 aromatic heterocycles. The number of nitrogens with one attached hydrogen (secondary N) is 1. The van der Waals surface area contributed by atoms with Crippen molar-refractivity contribution in [2.24, 2.45) is 5.92 Å². The van der Waals surface area contributed by atoms with E-state index < -0.39 is 0 Å². The molecule has 1 N–H and O–H groups in total. The second-order valence-corrected chi connectivity index (χ2v) is 11.8. The first-order chi connectivity index (χ1) is 18.2. The van der Waals surface area contributed by atoms with Gasteiger partial charge in [0.15, 0.2) is 11.5 Å². The Morgan fingerprint density at radius 3 is 2.71 bits per heavy atom. The SMILES string of the molecule is COc1cc(-c2nc3sc4c(c3c(=O)[nH]2)CC[C@H](C)C4)cc(Cl)c1OCCOc1cc(C)ccc1C(C)C. The number of H-pyrrole nitrogens is 1. The zero-order valence-electron chi connectivity index (χ0n) is 22.4. The maximum absolute atomic E-state index is 13.1. The van der Waals surface area contributed by atoms with Crippen molar-refractivity contribution < 1.29 is 14.2 Å². The Bertz CT molecular complexity index is 1540. The molecule has 6 nitrogen and oxygen atoms in total. The summed E-state index contributed by atoms with van der Waals surface area (Å²) in [6.07, 6.45) is 3.03. The number of fused-ring (bicyclic) bond motifs is 3. The van der Waals surface area contributed by atoms with E-state index in [4.69, 9.17) is 30.8 Å². The molecule has 0 radical (unpaired) electrons. The number of ether oxygens (including phenoxy) is 3. The Morgan fingerprint density at radius 1 is 1.16 bits per heavy atom. The van der Waals surface area contributed by atoms with E-state index in [1.54, 1.807) is 30.6 Å². The molecular formula is C30H33ClN2O4S. The fraction of sp³-hybridized carbons (Fsp3) is 0.400. The summed E-state index contributed by atoms with van der Waals surface area (Å²) in [4.78, 5) is 22.9. The number of rotatable bonds is 8. The number of aromatic nitrogens is 2. The van der Waals surface area contributed by atoms with Crippen LogP contribution in [0.4, 0.5) is 0 Å². The van der Waals surface area contributed by atoms with Crippen LogP contribution < -0.4 is 19.8 Å². The van der Waals surface area contributed by atoms with E-state index in [-0.39, 0.29) is 5.56 Å². The predicted molar refractivity (Wildman–Crippen MR) is 155 cm³/mol. The molecule has 0 fully saturated rings.